The molecule has 0 saturated carbocycles. The van der Waals surface area contributed by atoms with Gasteiger partial charge in [-0.2, -0.15) is 11.3 Å². The number of hydrogen-bond acceptors (Lipinski definition) is 3. The Labute approximate surface area is 118 Å². The van der Waals surface area contributed by atoms with E-state index in [1.165, 1.54) is 0 Å². The van der Waals surface area contributed by atoms with E-state index in [1.807, 2.05) is 30.5 Å². The van der Waals surface area contributed by atoms with Crippen molar-refractivity contribution in [3.05, 3.63) is 55.1 Å². The Morgan fingerprint density at radius 3 is 2.71 bits per heavy atom. The molecule has 2 aromatic rings. The molecule has 90 valence electrons. The van der Waals surface area contributed by atoms with Gasteiger partial charge in [-0.1, -0.05) is 23.7 Å². The number of rotatable bonds is 3. The molecule has 1 heterocycles. The van der Waals surface area contributed by atoms with Crippen LogP contribution in [0.5, 0.6) is 0 Å². The smallest absolute Gasteiger partial charge is 0.0729 e. The van der Waals surface area contributed by atoms with E-state index in [0.717, 1.165) is 26.2 Å². The number of nitrogens with two attached hydrogens (primary N) is 1. The monoisotopic (exact) mass is 330 g/mol. The Balaban J connectivity index is 2.42. The molecule has 2 rings (SSSR count). The van der Waals surface area contributed by atoms with Crippen LogP contribution in [-0.4, -0.2) is 0 Å². The molecule has 0 saturated heterocycles. The van der Waals surface area contributed by atoms with Gasteiger partial charge in [-0.3, -0.25) is 5.84 Å². The fourth-order valence-electron chi connectivity index (χ4n) is 1.65. The van der Waals surface area contributed by atoms with Crippen LogP contribution >= 0.6 is 38.9 Å². The van der Waals surface area contributed by atoms with E-state index in [2.05, 4.69) is 26.7 Å². The lowest BCUT2D eigenvalue weighted by Gasteiger charge is -2.17. The van der Waals surface area contributed by atoms with Gasteiger partial charge in [0.15, 0.2) is 0 Å². The van der Waals surface area contributed by atoms with Crippen molar-refractivity contribution in [2.75, 3.05) is 0 Å². The molecule has 0 amide bonds. The first-order valence-corrected chi connectivity index (χ1v) is 7.18. The fourth-order valence-corrected chi connectivity index (χ4v) is 3.39. The maximum Gasteiger partial charge on any atom is 0.0729 e. The van der Waals surface area contributed by atoms with Crippen molar-refractivity contribution in [3.8, 4) is 0 Å². The second-order valence-electron chi connectivity index (χ2n) is 3.78. The van der Waals surface area contributed by atoms with Crippen molar-refractivity contribution >= 4 is 38.9 Å². The Morgan fingerprint density at radius 2 is 2.18 bits per heavy atom. The number of hydrogen-bond donors (Lipinski definition) is 2. The number of aryl methyl sites for hydroxylation is 1. The Morgan fingerprint density at radius 1 is 1.41 bits per heavy atom. The maximum atomic E-state index is 6.14. The molecular formula is C12H12BrClN2S. The average molecular weight is 332 g/mol. The maximum absolute atomic E-state index is 6.14. The first kappa shape index (κ1) is 13.1. The minimum Gasteiger partial charge on any atom is -0.271 e. The second-order valence-corrected chi connectivity index (χ2v) is 5.79. The Kier molecular flexibility index (Phi) is 4.22. The SMILES string of the molecule is Cc1ccc(C(NN)c2cscc2Br)cc1Cl. The molecule has 0 aliphatic rings. The molecular weight excluding hydrogens is 320 g/mol. The Bertz CT molecular complexity index is 527. The third-order valence-electron chi connectivity index (χ3n) is 2.65. The van der Waals surface area contributed by atoms with Crippen molar-refractivity contribution < 1.29 is 0 Å². The van der Waals surface area contributed by atoms with Gasteiger partial charge in [-0.25, -0.2) is 5.43 Å². The summed E-state index contributed by atoms with van der Waals surface area (Å²) in [6.07, 6.45) is 0. The van der Waals surface area contributed by atoms with Crippen molar-refractivity contribution in [2.24, 2.45) is 5.84 Å². The van der Waals surface area contributed by atoms with E-state index in [0.29, 0.717) is 0 Å². The minimum atomic E-state index is -0.0475. The average Bonchev–Trinajstić information content (AvgIpc) is 2.71. The molecule has 0 bridgehead atoms. The van der Waals surface area contributed by atoms with Gasteiger partial charge in [0.1, 0.15) is 0 Å². The summed E-state index contributed by atoms with van der Waals surface area (Å²) in [5.41, 5.74) is 6.07. The van der Waals surface area contributed by atoms with Crippen LogP contribution in [0.1, 0.15) is 22.7 Å². The summed E-state index contributed by atoms with van der Waals surface area (Å²) in [6, 6.07) is 5.94. The molecule has 0 aliphatic carbocycles. The zero-order valence-electron chi connectivity index (χ0n) is 9.21. The minimum absolute atomic E-state index is 0.0475. The molecule has 5 heteroatoms. The summed E-state index contributed by atoms with van der Waals surface area (Å²) >= 11 is 11.3. The van der Waals surface area contributed by atoms with E-state index in [4.69, 9.17) is 17.4 Å². The molecule has 3 N–H and O–H groups in total. The third-order valence-corrected chi connectivity index (χ3v) is 4.81. The van der Waals surface area contributed by atoms with Gasteiger partial charge < -0.3 is 0 Å². The standard InChI is InChI=1S/C12H12BrClN2S/c1-7-2-3-8(4-11(7)14)12(16-15)9-5-17-6-10(9)13/h2-6,12,16H,15H2,1H3. The van der Waals surface area contributed by atoms with Crippen LogP contribution in [0.15, 0.2) is 33.4 Å². The van der Waals surface area contributed by atoms with Crippen LogP contribution in [0.2, 0.25) is 5.02 Å². The van der Waals surface area contributed by atoms with Crippen molar-refractivity contribution in [3.63, 3.8) is 0 Å². The number of benzene rings is 1. The highest BCUT2D eigenvalue weighted by Crippen LogP contribution is 2.32. The summed E-state index contributed by atoms with van der Waals surface area (Å²) in [4.78, 5) is 0. The largest absolute Gasteiger partial charge is 0.271 e. The summed E-state index contributed by atoms with van der Waals surface area (Å²) in [7, 11) is 0. The first-order chi connectivity index (χ1) is 8.13. The van der Waals surface area contributed by atoms with Gasteiger partial charge in [0.25, 0.3) is 0 Å². The van der Waals surface area contributed by atoms with Crippen LogP contribution < -0.4 is 11.3 Å². The zero-order valence-corrected chi connectivity index (χ0v) is 12.4. The molecule has 0 radical (unpaired) electrons. The van der Waals surface area contributed by atoms with Gasteiger partial charge in [0, 0.05) is 14.9 Å². The molecule has 0 fully saturated rings. The molecule has 1 aromatic carbocycles. The summed E-state index contributed by atoms with van der Waals surface area (Å²) in [6.45, 7) is 1.98. The van der Waals surface area contributed by atoms with Crippen LogP contribution in [0, 0.1) is 6.92 Å². The van der Waals surface area contributed by atoms with E-state index in [1.54, 1.807) is 11.3 Å². The fraction of sp³-hybridized carbons (Fsp3) is 0.167. The molecule has 2 nitrogen and oxygen atoms in total. The predicted molar refractivity (Wildman–Crippen MR) is 77.4 cm³/mol. The van der Waals surface area contributed by atoms with Gasteiger partial charge in [0.05, 0.1) is 6.04 Å². The topological polar surface area (TPSA) is 38.0 Å². The highest BCUT2D eigenvalue weighted by Gasteiger charge is 2.16. The lowest BCUT2D eigenvalue weighted by molar-refractivity contribution is 0.636. The lowest BCUT2D eigenvalue weighted by atomic mass is 10.0. The van der Waals surface area contributed by atoms with Crippen LogP contribution in [0.4, 0.5) is 0 Å². The van der Waals surface area contributed by atoms with Gasteiger partial charge >= 0.3 is 0 Å². The van der Waals surface area contributed by atoms with E-state index >= 15 is 0 Å². The normalized spacial score (nSPS) is 12.7. The molecule has 1 aromatic heterocycles. The number of halogens is 2. The van der Waals surface area contributed by atoms with E-state index in [9.17, 15) is 0 Å². The van der Waals surface area contributed by atoms with Gasteiger partial charge in [0.2, 0.25) is 0 Å². The number of hydrazine groups is 1. The van der Waals surface area contributed by atoms with Crippen molar-refractivity contribution in [1.29, 1.82) is 0 Å². The number of nitrogens with one attached hydrogen (secondary N) is 1. The summed E-state index contributed by atoms with van der Waals surface area (Å²) in [5, 5.41) is 4.87. The van der Waals surface area contributed by atoms with Crippen LogP contribution in [0.25, 0.3) is 0 Å². The highest BCUT2D eigenvalue weighted by atomic mass is 79.9. The quantitative estimate of drug-likeness (QED) is 0.658. The summed E-state index contributed by atoms with van der Waals surface area (Å²) < 4.78 is 1.06. The lowest BCUT2D eigenvalue weighted by Crippen LogP contribution is -2.28. The molecule has 1 unspecified atom stereocenters. The highest BCUT2D eigenvalue weighted by molar-refractivity contribution is 9.10. The number of thiophene rings is 1. The first-order valence-electron chi connectivity index (χ1n) is 5.07. The predicted octanol–water partition coefficient (Wildman–Crippen LogP) is 4.03. The van der Waals surface area contributed by atoms with Crippen LogP contribution in [-0.2, 0) is 0 Å². The Hall–Kier alpha value is -0.390. The van der Waals surface area contributed by atoms with E-state index < -0.39 is 0 Å². The van der Waals surface area contributed by atoms with Gasteiger partial charge in [-0.15, -0.1) is 0 Å². The van der Waals surface area contributed by atoms with E-state index in [-0.39, 0.29) is 6.04 Å². The zero-order chi connectivity index (χ0) is 12.4. The molecule has 0 aliphatic heterocycles. The summed E-state index contributed by atoms with van der Waals surface area (Å²) in [5.74, 6) is 5.64. The van der Waals surface area contributed by atoms with Crippen molar-refractivity contribution in [2.45, 2.75) is 13.0 Å². The molecule has 1 atom stereocenters. The third kappa shape index (κ3) is 2.72. The van der Waals surface area contributed by atoms with Crippen molar-refractivity contribution in [1.82, 2.24) is 5.43 Å². The van der Waals surface area contributed by atoms with Gasteiger partial charge in [-0.05, 0) is 51.0 Å². The molecule has 0 spiro atoms. The van der Waals surface area contributed by atoms with Crippen LogP contribution in [0.3, 0.4) is 0 Å². The molecule has 17 heavy (non-hydrogen) atoms. The second kappa shape index (κ2) is 5.50.